The number of fused-ring (bicyclic) bond motifs is 1. The number of halogens is 1. The van der Waals surface area contributed by atoms with Crippen molar-refractivity contribution >= 4 is 23.5 Å². The van der Waals surface area contributed by atoms with E-state index in [1.54, 1.807) is 11.8 Å². The Bertz CT molecular complexity index is 976. The van der Waals surface area contributed by atoms with Crippen molar-refractivity contribution < 1.29 is 18.8 Å². The number of carbonyl (C=O) groups excluding carboxylic acids is 3. The third-order valence-corrected chi connectivity index (χ3v) is 5.75. The summed E-state index contributed by atoms with van der Waals surface area (Å²) in [6, 6.07) is 12.5. The van der Waals surface area contributed by atoms with Gasteiger partial charge in [-0.1, -0.05) is 37.3 Å². The number of nitrogens with one attached hydrogen (secondary N) is 1. The summed E-state index contributed by atoms with van der Waals surface area (Å²) in [5, 5.41) is 2.72. The Balaban J connectivity index is 1.58. The summed E-state index contributed by atoms with van der Waals surface area (Å²) in [6.07, 6.45) is 2.02. The van der Waals surface area contributed by atoms with E-state index >= 15 is 0 Å². The van der Waals surface area contributed by atoms with Gasteiger partial charge in [0, 0.05) is 12.2 Å². The van der Waals surface area contributed by atoms with Crippen molar-refractivity contribution in [2.24, 2.45) is 0 Å². The Morgan fingerprint density at radius 2 is 1.86 bits per heavy atom. The van der Waals surface area contributed by atoms with E-state index < -0.39 is 23.3 Å². The number of para-hydroxylation sites is 1. The number of nitrogens with zero attached hydrogens (tertiary/aromatic N) is 2. The van der Waals surface area contributed by atoms with Crippen LogP contribution in [0, 0.1) is 5.82 Å². The Labute approximate surface area is 168 Å². The molecule has 1 fully saturated rings. The van der Waals surface area contributed by atoms with E-state index in [1.165, 1.54) is 24.3 Å². The van der Waals surface area contributed by atoms with E-state index in [2.05, 4.69) is 5.32 Å². The van der Waals surface area contributed by atoms with Crippen LogP contribution in [0.5, 0.6) is 0 Å². The molecule has 0 saturated carbocycles. The number of urea groups is 1. The van der Waals surface area contributed by atoms with Crippen molar-refractivity contribution in [3.63, 3.8) is 0 Å². The van der Waals surface area contributed by atoms with Crippen LogP contribution < -0.4 is 10.2 Å². The van der Waals surface area contributed by atoms with E-state index in [4.69, 9.17) is 0 Å². The zero-order valence-corrected chi connectivity index (χ0v) is 16.2. The van der Waals surface area contributed by atoms with Crippen LogP contribution >= 0.6 is 0 Å². The molecular formula is C22H22FN3O3. The van der Waals surface area contributed by atoms with Crippen molar-refractivity contribution in [1.29, 1.82) is 0 Å². The predicted octanol–water partition coefficient (Wildman–Crippen LogP) is 2.96. The lowest BCUT2D eigenvalue weighted by Crippen LogP contribution is -2.46. The lowest BCUT2D eigenvalue weighted by molar-refractivity contribution is -0.134. The van der Waals surface area contributed by atoms with Gasteiger partial charge in [-0.15, -0.1) is 0 Å². The van der Waals surface area contributed by atoms with Crippen LogP contribution in [0.4, 0.5) is 14.9 Å². The molecule has 0 unspecified atom stereocenters. The molecule has 4 rings (SSSR count). The highest BCUT2D eigenvalue weighted by molar-refractivity contribution is 6.10. The summed E-state index contributed by atoms with van der Waals surface area (Å²) < 4.78 is 13.3. The topological polar surface area (TPSA) is 69.7 Å². The maximum absolute atomic E-state index is 13.3. The molecule has 1 N–H and O–H groups in total. The molecule has 2 aliphatic heterocycles. The summed E-state index contributed by atoms with van der Waals surface area (Å²) in [5.41, 5.74) is 1.12. The Morgan fingerprint density at radius 3 is 2.59 bits per heavy atom. The smallest absolute Gasteiger partial charge is 0.319 e. The third-order valence-electron chi connectivity index (χ3n) is 5.75. The number of anilines is 1. The molecular weight excluding hydrogens is 373 g/mol. The fraction of sp³-hybridized carbons (Fsp3) is 0.318. The van der Waals surface area contributed by atoms with Gasteiger partial charge in [0.2, 0.25) is 5.91 Å². The van der Waals surface area contributed by atoms with E-state index in [1.807, 2.05) is 24.3 Å². The van der Waals surface area contributed by atoms with E-state index in [0.29, 0.717) is 18.5 Å². The predicted molar refractivity (Wildman–Crippen MR) is 106 cm³/mol. The van der Waals surface area contributed by atoms with Crippen molar-refractivity contribution in [3.05, 3.63) is 65.5 Å². The third kappa shape index (κ3) is 3.16. The molecule has 0 spiro atoms. The fourth-order valence-electron chi connectivity index (χ4n) is 4.16. The summed E-state index contributed by atoms with van der Waals surface area (Å²) in [5.74, 6) is -1.21. The second-order valence-corrected chi connectivity index (χ2v) is 7.36. The molecule has 4 amide bonds. The molecule has 1 saturated heterocycles. The zero-order chi connectivity index (χ0) is 20.6. The van der Waals surface area contributed by atoms with Gasteiger partial charge in [-0.25, -0.2) is 9.18 Å². The molecule has 6 nitrogen and oxygen atoms in total. The molecule has 29 heavy (non-hydrogen) atoms. The molecule has 2 aliphatic rings. The van der Waals surface area contributed by atoms with E-state index in [-0.39, 0.29) is 12.5 Å². The second-order valence-electron chi connectivity index (χ2n) is 7.36. The number of benzene rings is 2. The lowest BCUT2D eigenvalue weighted by atomic mass is 9.87. The number of rotatable bonds is 4. The van der Waals surface area contributed by atoms with E-state index in [9.17, 15) is 18.8 Å². The first-order valence-corrected chi connectivity index (χ1v) is 9.74. The van der Waals surface area contributed by atoms with Gasteiger partial charge in [0.1, 0.15) is 17.9 Å². The maximum atomic E-state index is 13.3. The van der Waals surface area contributed by atoms with Crippen molar-refractivity contribution in [1.82, 2.24) is 10.2 Å². The second kappa shape index (κ2) is 7.31. The standard InChI is InChI=1S/C22H22FN3O3/c1-2-22(16-9-11-17(23)12-10-16)20(28)26(21(29)24-22)14-19(27)25-13-5-7-15-6-3-4-8-18(15)25/h3-4,6,8-12H,2,5,7,13-14H2,1H3,(H,24,29)/t22-/m0/s1. The number of carbonyl (C=O) groups is 3. The van der Waals surface area contributed by atoms with Gasteiger partial charge >= 0.3 is 6.03 Å². The normalized spacial score (nSPS) is 21.2. The number of hydrogen-bond donors (Lipinski definition) is 1. The van der Waals surface area contributed by atoms with Crippen molar-refractivity contribution in [3.8, 4) is 0 Å². The van der Waals surface area contributed by atoms with Gasteiger partial charge < -0.3 is 10.2 Å². The molecule has 0 aliphatic carbocycles. The van der Waals surface area contributed by atoms with Gasteiger partial charge in [-0.05, 0) is 48.6 Å². The van der Waals surface area contributed by atoms with E-state index in [0.717, 1.165) is 29.0 Å². The Hall–Kier alpha value is -3.22. The monoisotopic (exact) mass is 395 g/mol. The highest BCUT2D eigenvalue weighted by Gasteiger charge is 2.51. The van der Waals surface area contributed by atoms with Gasteiger partial charge in [0.15, 0.2) is 0 Å². The van der Waals surface area contributed by atoms with Crippen LogP contribution in [0.2, 0.25) is 0 Å². The maximum Gasteiger partial charge on any atom is 0.325 e. The number of imide groups is 1. The SMILES string of the molecule is CC[C@@]1(c2ccc(F)cc2)NC(=O)N(CC(=O)N2CCCc3ccccc32)C1=O. The summed E-state index contributed by atoms with van der Waals surface area (Å²) in [6.45, 7) is 1.99. The van der Waals surface area contributed by atoms with Crippen LogP contribution in [0.3, 0.4) is 0 Å². The molecule has 150 valence electrons. The van der Waals surface area contributed by atoms with Gasteiger partial charge in [0.25, 0.3) is 5.91 Å². The average molecular weight is 395 g/mol. The van der Waals surface area contributed by atoms with Crippen molar-refractivity contribution in [2.45, 2.75) is 31.7 Å². The fourth-order valence-corrected chi connectivity index (χ4v) is 4.16. The molecule has 7 heteroatoms. The first-order valence-electron chi connectivity index (χ1n) is 9.74. The quantitative estimate of drug-likeness (QED) is 0.810. The first kappa shape index (κ1) is 19.1. The minimum absolute atomic E-state index is 0.292. The number of hydrogen-bond acceptors (Lipinski definition) is 3. The minimum atomic E-state index is -1.29. The lowest BCUT2D eigenvalue weighted by Gasteiger charge is -2.30. The molecule has 1 atom stereocenters. The number of amides is 4. The molecule has 0 aromatic heterocycles. The summed E-state index contributed by atoms with van der Waals surface area (Å²) in [4.78, 5) is 41.4. The van der Waals surface area contributed by atoms with Crippen LogP contribution in [0.1, 0.15) is 30.9 Å². The highest BCUT2D eigenvalue weighted by Crippen LogP contribution is 2.33. The average Bonchev–Trinajstić information content (AvgIpc) is 2.99. The van der Waals surface area contributed by atoms with Crippen LogP contribution in [0.15, 0.2) is 48.5 Å². The molecule has 0 radical (unpaired) electrons. The van der Waals surface area contributed by atoms with Gasteiger partial charge in [0.05, 0.1) is 0 Å². The molecule has 2 aromatic carbocycles. The van der Waals surface area contributed by atoms with Crippen LogP contribution in [-0.2, 0) is 21.5 Å². The highest BCUT2D eigenvalue weighted by atomic mass is 19.1. The zero-order valence-electron chi connectivity index (χ0n) is 16.2. The molecule has 0 bridgehead atoms. The largest absolute Gasteiger partial charge is 0.325 e. The van der Waals surface area contributed by atoms with Crippen LogP contribution in [0.25, 0.3) is 0 Å². The summed E-state index contributed by atoms with van der Waals surface area (Å²) >= 11 is 0. The number of aryl methyl sites for hydroxylation is 1. The van der Waals surface area contributed by atoms with Gasteiger partial charge in [-0.3, -0.25) is 14.5 Å². The Morgan fingerprint density at radius 1 is 1.14 bits per heavy atom. The Kier molecular flexibility index (Phi) is 4.82. The molecule has 2 heterocycles. The molecule has 2 aromatic rings. The minimum Gasteiger partial charge on any atom is -0.319 e. The van der Waals surface area contributed by atoms with Crippen molar-refractivity contribution in [2.75, 3.05) is 18.0 Å². The van der Waals surface area contributed by atoms with Gasteiger partial charge in [-0.2, -0.15) is 0 Å². The van der Waals surface area contributed by atoms with Crippen LogP contribution in [-0.4, -0.2) is 35.8 Å². The first-order chi connectivity index (χ1) is 14.0. The summed E-state index contributed by atoms with van der Waals surface area (Å²) in [7, 11) is 0.